The molecule has 22 heavy (non-hydrogen) atoms. The number of ether oxygens (including phenoxy) is 1. The van der Waals surface area contributed by atoms with Crippen LogP contribution in [0.4, 0.5) is 0 Å². The average molecular weight is 288 g/mol. The molecular weight excluding hydrogens is 272 g/mol. The van der Waals surface area contributed by atoms with Crippen LogP contribution in [-0.2, 0) is 11.3 Å². The van der Waals surface area contributed by atoms with Crippen molar-refractivity contribution in [3.8, 4) is 11.1 Å². The minimum absolute atomic E-state index is 0.287. The number of carbonyl (C=O) groups is 1. The van der Waals surface area contributed by atoms with E-state index in [2.05, 4.69) is 0 Å². The quantitative estimate of drug-likeness (QED) is 0.650. The summed E-state index contributed by atoms with van der Waals surface area (Å²) in [5.41, 5.74) is 3.64. The zero-order chi connectivity index (χ0) is 15.2. The topological polar surface area (TPSA) is 26.3 Å². The zero-order valence-corrected chi connectivity index (χ0v) is 12.1. The van der Waals surface area contributed by atoms with Crippen LogP contribution in [0.3, 0.4) is 0 Å². The molecule has 0 amide bonds. The van der Waals surface area contributed by atoms with Gasteiger partial charge in [-0.25, -0.2) is 4.79 Å². The van der Waals surface area contributed by atoms with Crippen LogP contribution in [0.15, 0.2) is 84.9 Å². The second-order valence-electron chi connectivity index (χ2n) is 5.01. The van der Waals surface area contributed by atoms with Gasteiger partial charge in [0.25, 0.3) is 0 Å². The third-order valence-corrected chi connectivity index (χ3v) is 3.42. The molecule has 0 aliphatic rings. The zero-order valence-electron chi connectivity index (χ0n) is 12.1. The summed E-state index contributed by atoms with van der Waals surface area (Å²) in [6.45, 7) is 0.287. The molecule has 0 bridgehead atoms. The molecule has 0 heterocycles. The van der Waals surface area contributed by atoms with Crippen molar-refractivity contribution in [1.29, 1.82) is 0 Å². The van der Waals surface area contributed by atoms with Crippen LogP contribution in [0, 0.1) is 0 Å². The minimum Gasteiger partial charge on any atom is -0.457 e. The van der Waals surface area contributed by atoms with Gasteiger partial charge in [0.2, 0.25) is 0 Å². The van der Waals surface area contributed by atoms with Gasteiger partial charge in [0.1, 0.15) is 6.61 Å². The summed E-state index contributed by atoms with van der Waals surface area (Å²) >= 11 is 0. The molecule has 0 atom stereocenters. The molecular formula is C20H16O2. The third kappa shape index (κ3) is 3.41. The van der Waals surface area contributed by atoms with Crippen molar-refractivity contribution in [2.45, 2.75) is 6.61 Å². The van der Waals surface area contributed by atoms with E-state index in [1.807, 2.05) is 78.9 Å². The first-order chi connectivity index (χ1) is 10.8. The van der Waals surface area contributed by atoms with Gasteiger partial charge in [-0.1, -0.05) is 72.8 Å². The summed E-state index contributed by atoms with van der Waals surface area (Å²) < 4.78 is 5.37. The van der Waals surface area contributed by atoms with Crippen molar-refractivity contribution >= 4 is 5.97 Å². The van der Waals surface area contributed by atoms with Crippen molar-refractivity contribution < 1.29 is 9.53 Å². The van der Waals surface area contributed by atoms with Gasteiger partial charge in [0, 0.05) is 0 Å². The van der Waals surface area contributed by atoms with Gasteiger partial charge in [0.15, 0.2) is 0 Å². The molecule has 3 aromatic rings. The van der Waals surface area contributed by atoms with Crippen LogP contribution >= 0.6 is 0 Å². The number of benzene rings is 3. The summed E-state index contributed by atoms with van der Waals surface area (Å²) in [7, 11) is 0. The highest BCUT2D eigenvalue weighted by molar-refractivity contribution is 5.91. The molecule has 2 heteroatoms. The molecule has 0 saturated heterocycles. The van der Waals surface area contributed by atoms with Gasteiger partial charge >= 0.3 is 5.97 Å². The second-order valence-corrected chi connectivity index (χ2v) is 5.01. The van der Waals surface area contributed by atoms with Crippen LogP contribution in [0.2, 0.25) is 0 Å². The maximum absolute atomic E-state index is 12.2. The van der Waals surface area contributed by atoms with Crippen molar-refractivity contribution in [1.82, 2.24) is 0 Å². The third-order valence-electron chi connectivity index (χ3n) is 3.42. The lowest BCUT2D eigenvalue weighted by Gasteiger charge is -2.07. The SMILES string of the molecule is O=C(OCc1ccccc1)c1cccc(-c2ccccc2)c1. The summed E-state index contributed by atoms with van der Waals surface area (Å²) in [5, 5.41) is 0. The first kappa shape index (κ1) is 14.1. The Morgan fingerprint density at radius 1 is 0.727 bits per heavy atom. The van der Waals surface area contributed by atoms with Crippen molar-refractivity contribution in [2.24, 2.45) is 0 Å². The molecule has 0 spiro atoms. The van der Waals surface area contributed by atoms with E-state index in [1.165, 1.54) is 0 Å². The van der Waals surface area contributed by atoms with Gasteiger partial charge in [0.05, 0.1) is 5.56 Å². The molecule has 0 aromatic heterocycles. The maximum Gasteiger partial charge on any atom is 0.338 e. The minimum atomic E-state index is -0.304. The largest absolute Gasteiger partial charge is 0.457 e. The maximum atomic E-state index is 12.2. The summed E-state index contributed by atoms with van der Waals surface area (Å²) in [5.74, 6) is -0.304. The Bertz CT molecular complexity index is 749. The van der Waals surface area contributed by atoms with Crippen LogP contribution in [0.1, 0.15) is 15.9 Å². The molecule has 3 rings (SSSR count). The van der Waals surface area contributed by atoms with Gasteiger partial charge in [-0.2, -0.15) is 0 Å². The van der Waals surface area contributed by atoms with Gasteiger partial charge in [-0.05, 0) is 28.8 Å². The molecule has 0 unspecified atom stereocenters. The van der Waals surface area contributed by atoms with Gasteiger partial charge in [-0.15, -0.1) is 0 Å². The lowest BCUT2D eigenvalue weighted by atomic mass is 10.0. The highest BCUT2D eigenvalue weighted by Gasteiger charge is 2.08. The fourth-order valence-corrected chi connectivity index (χ4v) is 2.26. The fraction of sp³-hybridized carbons (Fsp3) is 0.0500. The lowest BCUT2D eigenvalue weighted by molar-refractivity contribution is 0.0473. The Hall–Kier alpha value is -2.87. The molecule has 3 aromatic carbocycles. The van der Waals surface area contributed by atoms with E-state index in [-0.39, 0.29) is 12.6 Å². The van der Waals surface area contributed by atoms with E-state index < -0.39 is 0 Å². The van der Waals surface area contributed by atoms with E-state index in [0.717, 1.165) is 16.7 Å². The standard InChI is InChI=1S/C20H16O2/c21-20(22-15-16-8-3-1-4-9-16)19-13-7-12-18(14-19)17-10-5-2-6-11-17/h1-14H,15H2. The Morgan fingerprint density at radius 3 is 2.09 bits per heavy atom. The normalized spacial score (nSPS) is 10.2. The summed E-state index contributed by atoms with van der Waals surface area (Å²) in [4.78, 5) is 12.2. The van der Waals surface area contributed by atoms with E-state index in [4.69, 9.17) is 4.74 Å². The first-order valence-electron chi connectivity index (χ1n) is 7.19. The van der Waals surface area contributed by atoms with E-state index in [0.29, 0.717) is 5.56 Å². The molecule has 0 saturated carbocycles. The van der Waals surface area contributed by atoms with Crippen LogP contribution in [-0.4, -0.2) is 5.97 Å². The van der Waals surface area contributed by atoms with Crippen LogP contribution < -0.4 is 0 Å². The average Bonchev–Trinajstić information content (AvgIpc) is 2.61. The Kier molecular flexibility index (Phi) is 4.30. The number of rotatable bonds is 4. The predicted molar refractivity (Wildman–Crippen MR) is 87.4 cm³/mol. The Labute approximate surface area is 130 Å². The number of esters is 1. The predicted octanol–water partition coefficient (Wildman–Crippen LogP) is 4.71. The first-order valence-corrected chi connectivity index (χ1v) is 7.19. The number of hydrogen-bond acceptors (Lipinski definition) is 2. The molecule has 0 aliphatic heterocycles. The summed E-state index contributed by atoms with van der Waals surface area (Å²) in [6, 6.07) is 27.2. The van der Waals surface area contributed by atoms with Gasteiger partial charge in [-0.3, -0.25) is 0 Å². The van der Waals surface area contributed by atoms with Crippen LogP contribution in [0.25, 0.3) is 11.1 Å². The molecule has 0 aliphatic carbocycles. The fourth-order valence-electron chi connectivity index (χ4n) is 2.26. The van der Waals surface area contributed by atoms with E-state index in [1.54, 1.807) is 6.07 Å². The van der Waals surface area contributed by atoms with Gasteiger partial charge < -0.3 is 4.74 Å². The van der Waals surface area contributed by atoms with Crippen molar-refractivity contribution in [3.63, 3.8) is 0 Å². The van der Waals surface area contributed by atoms with E-state index in [9.17, 15) is 4.79 Å². The molecule has 0 fully saturated rings. The van der Waals surface area contributed by atoms with Crippen LogP contribution in [0.5, 0.6) is 0 Å². The monoisotopic (exact) mass is 288 g/mol. The van der Waals surface area contributed by atoms with Crippen molar-refractivity contribution in [2.75, 3.05) is 0 Å². The van der Waals surface area contributed by atoms with E-state index >= 15 is 0 Å². The summed E-state index contributed by atoms with van der Waals surface area (Å²) in [6.07, 6.45) is 0. The molecule has 0 N–H and O–H groups in total. The lowest BCUT2D eigenvalue weighted by Crippen LogP contribution is -2.05. The second kappa shape index (κ2) is 6.72. The number of carbonyl (C=O) groups excluding carboxylic acids is 1. The molecule has 108 valence electrons. The smallest absolute Gasteiger partial charge is 0.338 e. The number of hydrogen-bond donors (Lipinski definition) is 0. The van der Waals surface area contributed by atoms with Crippen molar-refractivity contribution in [3.05, 3.63) is 96.1 Å². The molecule has 2 nitrogen and oxygen atoms in total. The molecule has 0 radical (unpaired) electrons. The Balaban J connectivity index is 1.73. The Morgan fingerprint density at radius 2 is 1.36 bits per heavy atom. The highest BCUT2D eigenvalue weighted by atomic mass is 16.5. The highest BCUT2D eigenvalue weighted by Crippen LogP contribution is 2.20.